The van der Waals surface area contributed by atoms with Gasteiger partial charge in [-0.1, -0.05) is 11.8 Å². The van der Waals surface area contributed by atoms with Crippen LogP contribution in [0.3, 0.4) is 0 Å². The number of carbonyl (C=O) groups is 1. The van der Waals surface area contributed by atoms with Crippen LogP contribution >= 0.6 is 11.6 Å². The van der Waals surface area contributed by atoms with Crippen molar-refractivity contribution in [2.45, 2.75) is 6.42 Å². The molecule has 1 aromatic carbocycles. The van der Waals surface area contributed by atoms with Gasteiger partial charge < -0.3 is 5.11 Å². The average Bonchev–Trinajstić information content (AvgIpc) is 2.21. The van der Waals surface area contributed by atoms with E-state index in [9.17, 15) is 13.6 Å². The second-order valence-electron chi connectivity index (χ2n) is 2.86. The second-order valence-corrected chi connectivity index (χ2v) is 3.24. The Kier molecular flexibility index (Phi) is 4.27. The Bertz CT molecular complexity index is 475. The molecule has 0 atom stereocenters. The molecule has 0 bridgehead atoms. The van der Waals surface area contributed by atoms with Crippen molar-refractivity contribution in [1.82, 2.24) is 0 Å². The summed E-state index contributed by atoms with van der Waals surface area (Å²) >= 11 is 5.36. The van der Waals surface area contributed by atoms with Crippen LogP contribution in [0.15, 0.2) is 12.1 Å². The molecule has 0 aliphatic rings. The fourth-order valence-electron chi connectivity index (χ4n) is 1.01. The summed E-state index contributed by atoms with van der Waals surface area (Å²) in [5, 5.41) is 8.62. The second kappa shape index (κ2) is 5.47. The first-order valence-electron chi connectivity index (χ1n) is 4.33. The van der Waals surface area contributed by atoms with Crippen LogP contribution in [0.4, 0.5) is 8.78 Å². The summed E-state index contributed by atoms with van der Waals surface area (Å²) in [5.41, 5.74) is -0.750. The lowest BCUT2D eigenvalue weighted by Gasteiger charge is -1.99. The molecule has 0 amide bonds. The van der Waals surface area contributed by atoms with E-state index in [2.05, 4.69) is 11.8 Å². The van der Waals surface area contributed by atoms with Gasteiger partial charge in [0.1, 0.15) is 11.6 Å². The number of benzene rings is 1. The number of hydrogen-bond acceptors (Lipinski definition) is 1. The van der Waals surface area contributed by atoms with Gasteiger partial charge in [0, 0.05) is 18.4 Å². The summed E-state index contributed by atoms with van der Waals surface area (Å²) in [6.07, 6.45) is 0.348. The van der Waals surface area contributed by atoms with E-state index >= 15 is 0 Å². The molecule has 0 unspecified atom stereocenters. The summed E-state index contributed by atoms with van der Waals surface area (Å²) in [7, 11) is 0. The molecule has 0 saturated heterocycles. The Labute approximate surface area is 95.8 Å². The normalized spacial score (nSPS) is 9.44. The van der Waals surface area contributed by atoms with Gasteiger partial charge >= 0.3 is 5.97 Å². The predicted octanol–water partition coefficient (Wildman–Crippen LogP) is 2.64. The SMILES string of the molecule is O=C(O)c1cc(C#CCCCl)c(F)cc1F. The molecule has 0 aliphatic heterocycles. The maximum Gasteiger partial charge on any atom is 0.338 e. The van der Waals surface area contributed by atoms with Crippen LogP contribution in [0, 0.1) is 23.5 Å². The van der Waals surface area contributed by atoms with Gasteiger partial charge in [-0.3, -0.25) is 0 Å². The highest BCUT2D eigenvalue weighted by atomic mass is 35.5. The third-order valence-electron chi connectivity index (χ3n) is 1.73. The molecule has 0 spiro atoms. The summed E-state index contributed by atoms with van der Waals surface area (Å²) < 4.78 is 26.1. The Morgan fingerprint density at radius 3 is 2.62 bits per heavy atom. The van der Waals surface area contributed by atoms with Crippen LogP contribution in [-0.4, -0.2) is 17.0 Å². The van der Waals surface area contributed by atoms with Gasteiger partial charge in [0.2, 0.25) is 0 Å². The summed E-state index contributed by atoms with van der Waals surface area (Å²) in [4.78, 5) is 10.6. The van der Waals surface area contributed by atoms with Crippen LogP contribution in [0.5, 0.6) is 0 Å². The van der Waals surface area contributed by atoms with Crippen LogP contribution in [0.1, 0.15) is 22.3 Å². The highest BCUT2D eigenvalue weighted by Crippen LogP contribution is 2.14. The number of hydrogen-bond donors (Lipinski definition) is 1. The van der Waals surface area contributed by atoms with Gasteiger partial charge in [-0.2, -0.15) is 0 Å². The number of carboxylic acid groups (broad SMARTS) is 1. The third-order valence-corrected chi connectivity index (χ3v) is 1.92. The van der Waals surface area contributed by atoms with Crippen molar-refractivity contribution in [3.63, 3.8) is 0 Å². The minimum Gasteiger partial charge on any atom is -0.478 e. The maximum absolute atomic E-state index is 13.2. The molecule has 5 heteroatoms. The molecule has 0 heterocycles. The van der Waals surface area contributed by atoms with Gasteiger partial charge in [0.15, 0.2) is 0 Å². The standard InChI is InChI=1S/C11H7ClF2O2/c12-4-2-1-3-7-5-8(11(15)16)10(14)6-9(7)13/h5-6H,2,4H2,(H,15,16). The molecule has 0 saturated carbocycles. The first-order valence-corrected chi connectivity index (χ1v) is 4.87. The number of rotatable bonds is 2. The summed E-state index contributed by atoms with van der Waals surface area (Å²) in [6.45, 7) is 0. The zero-order chi connectivity index (χ0) is 12.1. The van der Waals surface area contributed by atoms with Crippen LogP contribution in [-0.2, 0) is 0 Å². The lowest BCUT2D eigenvalue weighted by molar-refractivity contribution is 0.0691. The van der Waals surface area contributed by atoms with Gasteiger partial charge in [0.05, 0.1) is 11.1 Å². The molecule has 1 rings (SSSR count). The molecule has 0 fully saturated rings. The van der Waals surface area contributed by atoms with E-state index in [-0.39, 0.29) is 5.56 Å². The Morgan fingerprint density at radius 1 is 1.38 bits per heavy atom. The van der Waals surface area contributed by atoms with Gasteiger partial charge in [0.25, 0.3) is 0 Å². The monoisotopic (exact) mass is 244 g/mol. The molecular weight excluding hydrogens is 238 g/mol. The first-order chi connectivity index (χ1) is 7.56. The van der Waals surface area contributed by atoms with Crippen molar-refractivity contribution < 1.29 is 18.7 Å². The smallest absolute Gasteiger partial charge is 0.338 e. The van der Waals surface area contributed by atoms with E-state index in [1.165, 1.54) is 0 Å². The summed E-state index contributed by atoms with van der Waals surface area (Å²) in [5.74, 6) is 1.77. The highest BCUT2D eigenvalue weighted by molar-refractivity contribution is 6.18. The van der Waals surface area contributed by atoms with Gasteiger partial charge in [-0.25, -0.2) is 13.6 Å². The average molecular weight is 245 g/mol. The molecule has 0 radical (unpaired) electrons. The van der Waals surface area contributed by atoms with Crippen molar-refractivity contribution in [2.75, 3.05) is 5.88 Å². The zero-order valence-corrected chi connectivity index (χ0v) is 8.81. The van der Waals surface area contributed by atoms with Gasteiger partial charge in [-0.15, -0.1) is 11.6 Å². The molecule has 2 nitrogen and oxygen atoms in total. The fraction of sp³-hybridized carbons (Fsp3) is 0.182. The van der Waals surface area contributed by atoms with Crippen molar-refractivity contribution in [2.24, 2.45) is 0 Å². The molecule has 16 heavy (non-hydrogen) atoms. The van der Waals surface area contributed by atoms with Crippen LogP contribution in [0.2, 0.25) is 0 Å². The van der Waals surface area contributed by atoms with Crippen molar-refractivity contribution >= 4 is 17.6 Å². The van der Waals surface area contributed by atoms with E-state index in [0.717, 1.165) is 6.07 Å². The number of halogens is 3. The van der Waals surface area contributed by atoms with Crippen molar-refractivity contribution in [1.29, 1.82) is 0 Å². The lowest BCUT2D eigenvalue weighted by Crippen LogP contribution is -2.02. The van der Waals surface area contributed by atoms with Crippen molar-refractivity contribution in [3.05, 3.63) is 34.9 Å². The first kappa shape index (κ1) is 12.5. The quantitative estimate of drug-likeness (QED) is 0.641. The lowest BCUT2D eigenvalue weighted by atomic mass is 10.1. The predicted molar refractivity (Wildman–Crippen MR) is 55.5 cm³/mol. The van der Waals surface area contributed by atoms with E-state index in [0.29, 0.717) is 18.4 Å². The number of carboxylic acids is 1. The molecule has 0 aliphatic carbocycles. The maximum atomic E-state index is 13.2. The van der Waals surface area contributed by atoms with Crippen molar-refractivity contribution in [3.8, 4) is 11.8 Å². The van der Waals surface area contributed by atoms with Crippen LogP contribution < -0.4 is 0 Å². The third kappa shape index (κ3) is 2.94. The van der Waals surface area contributed by atoms with E-state index in [4.69, 9.17) is 16.7 Å². The van der Waals surface area contributed by atoms with Gasteiger partial charge in [-0.05, 0) is 6.07 Å². The number of aromatic carboxylic acids is 1. The topological polar surface area (TPSA) is 37.3 Å². The minimum atomic E-state index is -1.46. The Hall–Kier alpha value is -1.60. The highest BCUT2D eigenvalue weighted by Gasteiger charge is 2.13. The molecule has 1 aromatic rings. The summed E-state index contributed by atoms with van der Waals surface area (Å²) in [6, 6.07) is 1.38. The molecule has 1 N–H and O–H groups in total. The molecule has 84 valence electrons. The Morgan fingerprint density at radius 2 is 2.06 bits per heavy atom. The Balaban J connectivity index is 3.16. The molecular formula is C11H7ClF2O2. The number of alkyl halides is 1. The van der Waals surface area contributed by atoms with Crippen LogP contribution in [0.25, 0.3) is 0 Å². The zero-order valence-electron chi connectivity index (χ0n) is 8.06. The van der Waals surface area contributed by atoms with E-state index in [1.54, 1.807) is 0 Å². The minimum absolute atomic E-state index is 0.149. The van der Waals surface area contributed by atoms with E-state index in [1.807, 2.05) is 0 Å². The largest absolute Gasteiger partial charge is 0.478 e. The molecule has 0 aromatic heterocycles. The fourth-order valence-corrected chi connectivity index (χ4v) is 1.11. The van der Waals surface area contributed by atoms with E-state index < -0.39 is 23.2 Å².